The minimum atomic E-state index is -3.48. The molecule has 0 aliphatic heterocycles. The van der Waals surface area contributed by atoms with E-state index in [0.29, 0.717) is 0 Å². The van der Waals surface area contributed by atoms with Crippen molar-refractivity contribution < 1.29 is 8.42 Å². The van der Waals surface area contributed by atoms with Crippen molar-refractivity contribution in [2.24, 2.45) is 0 Å². The summed E-state index contributed by atoms with van der Waals surface area (Å²) in [6.07, 6.45) is 0.719. The summed E-state index contributed by atoms with van der Waals surface area (Å²) < 4.78 is 28.2. The maximum atomic E-state index is 12.3. The number of benzene rings is 1. The summed E-state index contributed by atoms with van der Waals surface area (Å²) in [6, 6.07) is 10.3. The molecule has 6 heteroatoms. The summed E-state index contributed by atoms with van der Waals surface area (Å²) >= 11 is 4.85. The second kappa shape index (κ2) is 6.17. The lowest BCUT2D eigenvalue weighted by molar-refractivity contribution is 0.553. The number of thiophene rings is 1. The van der Waals surface area contributed by atoms with E-state index in [1.165, 1.54) is 0 Å². The molecule has 0 amide bonds. The van der Waals surface area contributed by atoms with Crippen LogP contribution in [0.2, 0.25) is 0 Å². The Morgan fingerprint density at radius 3 is 2.47 bits per heavy atom. The molecular weight excluding hydrogens is 346 g/mol. The van der Waals surface area contributed by atoms with Crippen molar-refractivity contribution in [3.8, 4) is 0 Å². The summed E-state index contributed by atoms with van der Waals surface area (Å²) in [6.45, 7) is 1.97. The number of hydrogen-bond donors (Lipinski definition) is 1. The molecule has 2 rings (SSSR count). The van der Waals surface area contributed by atoms with Gasteiger partial charge in [-0.05, 0) is 42.1 Å². The Labute approximate surface area is 125 Å². The van der Waals surface area contributed by atoms with Crippen LogP contribution >= 0.6 is 27.3 Å². The van der Waals surface area contributed by atoms with Gasteiger partial charge in [-0.2, -0.15) is 0 Å². The molecule has 0 saturated carbocycles. The molecule has 0 bridgehead atoms. The van der Waals surface area contributed by atoms with Gasteiger partial charge < -0.3 is 0 Å². The molecule has 0 saturated heterocycles. The first-order valence-electron chi connectivity index (χ1n) is 5.84. The van der Waals surface area contributed by atoms with Gasteiger partial charge in [0.1, 0.15) is 0 Å². The fourth-order valence-electron chi connectivity index (χ4n) is 1.70. The third-order valence-corrected chi connectivity index (χ3v) is 5.72. The summed E-state index contributed by atoms with van der Waals surface area (Å²) in [5.74, 6) is 0. The third-order valence-electron chi connectivity index (χ3n) is 2.72. The normalized spacial score (nSPS) is 13.4. The van der Waals surface area contributed by atoms with Crippen molar-refractivity contribution in [3.05, 3.63) is 51.1 Å². The highest BCUT2D eigenvalue weighted by molar-refractivity contribution is 9.10. The van der Waals surface area contributed by atoms with Crippen LogP contribution in [0.1, 0.15) is 24.3 Å². The van der Waals surface area contributed by atoms with Crippen LogP contribution in [0.15, 0.2) is 51.1 Å². The summed E-state index contributed by atoms with van der Waals surface area (Å²) in [5, 5.41) is 1.95. The maximum Gasteiger partial charge on any atom is 0.241 e. The first-order chi connectivity index (χ1) is 9.03. The molecule has 1 aromatic heterocycles. The summed E-state index contributed by atoms with van der Waals surface area (Å²) in [5.41, 5.74) is 0. The van der Waals surface area contributed by atoms with E-state index in [0.717, 1.165) is 15.8 Å². The number of rotatable bonds is 5. The van der Waals surface area contributed by atoms with Gasteiger partial charge in [0.25, 0.3) is 0 Å². The zero-order valence-corrected chi connectivity index (χ0v) is 13.6. The number of halogens is 1. The molecule has 1 N–H and O–H groups in total. The van der Waals surface area contributed by atoms with Gasteiger partial charge in [-0.3, -0.25) is 0 Å². The quantitative estimate of drug-likeness (QED) is 0.878. The molecule has 1 aromatic carbocycles. The molecule has 1 unspecified atom stereocenters. The van der Waals surface area contributed by atoms with E-state index >= 15 is 0 Å². The highest BCUT2D eigenvalue weighted by Crippen LogP contribution is 2.24. The summed E-state index contributed by atoms with van der Waals surface area (Å²) in [4.78, 5) is 1.31. The van der Waals surface area contributed by atoms with Crippen LogP contribution in [-0.4, -0.2) is 8.42 Å². The Morgan fingerprint density at radius 2 is 1.95 bits per heavy atom. The zero-order chi connectivity index (χ0) is 13.9. The van der Waals surface area contributed by atoms with Crippen LogP contribution in [0.5, 0.6) is 0 Å². The van der Waals surface area contributed by atoms with Crippen molar-refractivity contribution in [2.75, 3.05) is 0 Å². The number of sulfonamides is 1. The molecule has 0 aliphatic carbocycles. The summed E-state index contributed by atoms with van der Waals surface area (Å²) in [7, 11) is -3.48. The van der Waals surface area contributed by atoms with E-state index in [1.807, 2.05) is 24.4 Å². The SMILES string of the molecule is CCC(NS(=O)(=O)c1ccc(Br)cc1)c1cccs1. The lowest BCUT2D eigenvalue weighted by atomic mass is 10.2. The minimum absolute atomic E-state index is 0.173. The first kappa shape index (κ1) is 14.7. The third kappa shape index (κ3) is 3.66. The molecule has 3 nitrogen and oxygen atoms in total. The van der Waals surface area contributed by atoms with Crippen LogP contribution in [0.4, 0.5) is 0 Å². The second-order valence-corrected chi connectivity index (χ2v) is 7.66. The van der Waals surface area contributed by atoms with E-state index in [9.17, 15) is 8.42 Å². The van der Waals surface area contributed by atoms with Gasteiger partial charge in [0.15, 0.2) is 0 Å². The predicted octanol–water partition coefficient (Wildman–Crippen LogP) is 3.94. The Kier molecular flexibility index (Phi) is 4.78. The fraction of sp³-hybridized carbons (Fsp3) is 0.231. The van der Waals surface area contributed by atoms with Gasteiger partial charge in [-0.1, -0.05) is 28.9 Å². The highest BCUT2D eigenvalue weighted by Gasteiger charge is 2.20. The largest absolute Gasteiger partial charge is 0.241 e. The Morgan fingerprint density at radius 1 is 1.26 bits per heavy atom. The van der Waals surface area contributed by atoms with Gasteiger partial charge in [0.2, 0.25) is 10.0 Å². The number of hydrogen-bond acceptors (Lipinski definition) is 3. The van der Waals surface area contributed by atoms with Crippen LogP contribution in [0.25, 0.3) is 0 Å². The first-order valence-corrected chi connectivity index (χ1v) is 9.00. The fourth-order valence-corrected chi connectivity index (χ4v) is 4.20. The molecule has 0 fully saturated rings. The topological polar surface area (TPSA) is 46.2 Å². The number of nitrogens with one attached hydrogen (secondary N) is 1. The molecule has 2 aromatic rings. The van der Waals surface area contributed by atoms with E-state index < -0.39 is 10.0 Å². The van der Waals surface area contributed by atoms with Crippen molar-refractivity contribution in [2.45, 2.75) is 24.3 Å². The Bertz CT molecular complexity index is 621. The molecule has 19 heavy (non-hydrogen) atoms. The zero-order valence-electron chi connectivity index (χ0n) is 10.3. The minimum Gasteiger partial charge on any atom is -0.207 e. The second-order valence-electron chi connectivity index (χ2n) is 4.05. The van der Waals surface area contributed by atoms with E-state index in [4.69, 9.17) is 0 Å². The molecule has 0 spiro atoms. The average Bonchev–Trinajstić information content (AvgIpc) is 2.90. The van der Waals surface area contributed by atoms with Crippen LogP contribution in [0, 0.1) is 0 Å². The van der Waals surface area contributed by atoms with E-state index in [-0.39, 0.29) is 10.9 Å². The maximum absolute atomic E-state index is 12.3. The molecule has 1 atom stereocenters. The predicted molar refractivity (Wildman–Crippen MR) is 81.8 cm³/mol. The van der Waals surface area contributed by atoms with Crippen molar-refractivity contribution in [1.29, 1.82) is 0 Å². The van der Waals surface area contributed by atoms with Gasteiger partial charge in [-0.15, -0.1) is 11.3 Å². The Hall–Kier alpha value is -0.690. The van der Waals surface area contributed by atoms with Crippen molar-refractivity contribution in [3.63, 3.8) is 0 Å². The van der Waals surface area contributed by atoms with Gasteiger partial charge in [-0.25, -0.2) is 13.1 Å². The molecular formula is C13H14BrNO2S2. The molecule has 0 aliphatic rings. The molecule has 102 valence electrons. The standard InChI is InChI=1S/C13H14BrNO2S2/c1-2-12(13-4-3-9-18-13)15-19(16,17)11-7-5-10(14)6-8-11/h3-9,12,15H,2H2,1H3. The van der Waals surface area contributed by atoms with Crippen LogP contribution < -0.4 is 4.72 Å². The van der Waals surface area contributed by atoms with Gasteiger partial charge in [0, 0.05) is 9.35 Å². The van der Waals surface area contributed by atoms with E-state index in [2.05, 4.69) is 20.7 Å². The van der Waals surface area contributed by atoms with Crippen LogP contribution in [0.3, 0.4) is 0 Å². The van der Waals surface area contributed by atoms with E-state index in [1.54, 1.807) is 35.6 Å². The highest BCUT2D eigenvalue weighted by atomic mass is 79.9. The lowest BCUT2D eigenvalue weighted by Gasteiger charge is -2.15. The Balaban J connectivity index is 2.23. The monoisotopic (exact) mass is 359 g/mol. The average molecular weight is 360 g/mol. The van der Waals surface area contributed by atoms with Crippen molar-refractivity contribution in [1.82, 2.24) is 4.72 Å². The van der Waals surface area contributed by atoms with Gasteiger partial charge >= 0.3 is 0 Å². The van der Waals surface area contributed by atoms with Gasteiger partial charge in [0.05, 0.1) is 10.9 Å². The lowest BCUT2D eigenvalue weighted by Crippen LogP contribution is -2.27. The van der Waals surface area contributed by atoms with Crippen molar-refractivity contribution >= 4 is 37.3 Å². The van der Waals surface area contributed by atoms with Crippen LogP contribution in [-0.2, 0) is 10.0 Å². The smallest absolute Gasteiger partial charge is 0.207 e. The molecule has 1 heterocycles. The molecule has 0 radical (unpaired) electrons.